The van der Waals surface area contributed by atoms with Gasteiger partial charge in [0, 0.05) is 19.0 Å². The van der Waals surface area contributed by atoms with E-state index >= 15 is 0 Å². The maximum atomic E-state index is 12.0. The molecule has 1 aliphatic heterocycles. The third-order valence-electron chi connectivity index (χ3n) is 2.72. The van der Waals surface area contributed by atoms with Crippen molar-refractivity contribution in [3.05, 3.63) is 28.2 Å². The van der Waals surface area contributed by atoms with Gasteiger partial charge in [-0.2, -0.15) is 5.10 Å². The van der Waals surface area contributed by atoms with Crippen molar-refractivity contribution in [2.24, 2.45) is 0 Å². The van der Waals surface area contributed by atoms with Gasteiger partial charge in [-0.3, -0.25) is 9.59 Å². The van der Waals surface area contributed by atoms with Crippen molar-refractivity contribution in [3.63, 3.8) is 0 Å². The molecule has 1 saturated heterocycles. The summed E-state index contributed by atoms with van der Waals surface area (Å²) in [4.78, 5) is 34.8. The predicted molar refractivity (Wildman–Crippen MR) is 57.9 cm³/mol. The molecule has 1 fully saturated rings. The number of β-amino-alcohol motifs (C(OH)–C–C–N with tert-alkyl or cyclic N) is 1. The number of nitrogens with zero attached hydrogens (tertiary/aromatic N) is 2. The van der Waals surface area contributed by atoms with Crippen LogP contribution in [0.1, 0.15) is 16.9 Å². The lowest BCUT2D eigenvalue weighted by atomic mass is 10.2. The lowest BCUT2D eigenvalue weighted by Gasteiger charge is -2.20. The molecule has 1 aromatic heterocycles. The number of carboxylic acid groups (broad SMARTS) is 1. The predicted octanol–water partition coefficient (Wildman–Crippen LogP) is -1.57. The molecule has 96 valence electrons. The molecule has 1 aliphatic rings. The van der Waals surface area contributed by atoms with E-state index in [0.29, 0.717) is 0 Å². The fourth-order valence-corrected chi connectivity index (χ4v) is 1.88. The normalized spacial score (nSPS) is 23.1. The Bertz CT molecular complexity index is 520. The molecule has 0 aromatic carbocycles. The van der Waals surface area contributed by atoms with Crippen LogP contribution in [0, 0.1) is 0 Å². The highest BCUT2D eigenvalue weighted by Gasteiger charge is 2.39. The topological polar surface area (TPSA) is 124 Å². The van der Waals surface area contributed by atoms with Gasteiger partial charge in [-0.25, -0.2) is 9.89 Å². The Morgan fingerprint density at radius 1 is 1.44 bits per heavy atom. The third-order valence-corrected chi connectivity index (χ3v) is 2.72. The molecule has 0 aliphatic carbocycles. The van der Waals surface area contributed by atoms with Crippen LogP contribution in [-0.2, 0) is 4.79 Å². The second-order valence-electron chi connectivity index (χ2n) is 4.01. The van der Waals surface area contributed by atoms with E-state index < -0.39 is 29.6 Å². The molecule has 1 amide bonds. The second kappa shape index (κ2) is 4.57. The molecule has 2 unspecified atom stereocenters. The Kier molecular flexibility index (Phi) is 3.11. The quantitative estimate of drug-likeness (QED) is 0.585. The van der Waals surface area contributed by atoms with E-state index in [4.69, 9.17) is 5.11 Å². The molecule has 0 spiro atoms. The maximum absolute atomic E-state index is 12.0. The van der Waals surface area contributed by atoms with Crippen LogP contribution in [0.25, 0.3) is 0 Å². The van der Waals surface area contributed by atoms with Crippen LogP contribution in [-0.4, -0.2) is 55.9 Å². The van der Waals surface area contributed by atoms with Gasteiger partial charge in [0.2, 0.25) is 0 Å². The molecule has 2 rings (SSSR count). The fraction of sp³-hybridized carbons (Fsp3) is 0.400. The van der Waals surface area contributed by atoms with Gasteiger partial charge in [-0.05, 0) is 6.07 Å². The summed E-state index contributed by atoms with van der Waals surface area (Å²) in [6.45, 7) is -0.0589. The Morgan fingerprint density at radius 3 is 2.72 bits per heavy atom. The summed E-state index contributed by atoms with van der Waals surface area (Å²) in [5.74, 6) is -1.81. The van der Waals surface area contributed by atoms with Gasteiger partial charge in [-0.15, -0.1) is 0 Å². The number of rotatable bonds is 2. The average molecular weight is 253 g/mol. The van der Waals surface area contributed by atoms with Crippen molar-refractivity contribution in [1.82, 2.24) is 15.1 Å². The van der Waals surface area contributed by atoms with Crippen molar-refractivity contribution in [2.45, 2.75) is 18.6 Å². The number of carbonyl (C=O) groups excluding carboxylic acids is 1. The number of aromatic amines is 1. The molecule has 2 atom stereocenters. The number of aliphatic carboxylic acids is 1. The van der Waals surface area contributed by atoms with E-state index in [0.717, 1.165) is 11.0 Å². The average Bonchev–Trinajstić information content (AvgIpc) is 2.71. The van der Waals surface area contributed by atoms with Gasteiger partial charge in [0.15, 0.2) is 0 Å². The van der Waals surface area contributed by atoms with E-state index in [9.17, 15) is 19.5 Å². The number of carbonyl (C=O) groups is 2. The van der Waals surface area contributed by atoms with Crippen LogP contribution in [0.5, 0.6) is 0 Å². The molecule has 0 saturated carbocycles. The summed E-state index contributed by atoms with van der Waals surface area (Å²) in [5, 5.41) is 24.0. The molecule has 1 aromatic rings. The number of amides is 1. The first kappa shape index (κ1) is 12.2. The zero-order valence-electron chi connectivity index (χ0n) is 9.24. The number of aromatic nitrogens is 2. The van der Waals surface area contributed by atoms with Gasteiger partial charge in [0.25, 0.3) is 11.5 Å². The smallest absolute Gasteiger partial charge is 0.326 e. The van der Waals surface area contributed by atoms with Crippen LogP contribution in [0.15, 0.2) is 16.9 Å². The molecule has 8 heteroatoms. The minimum atomic E-state index is -1.18. The summed E-state index contributed by atoms with van der Waals surface area (Å²) in [6.07, 6.45) is -0.873. The molecule has 8 nitrogen and oxygen atoms in total. The Labute approximate surface area is 101 Å². The summed E-state index contributed by atoms with van der Waals surface area (Å²) in [6, 6.07) is 1.27. The van der Waals surface area contributed by atoms with E-state index in [2.05, 4.69) is 10.2 Å². The van der Waals surface area contributed by atoms with Crippen molar-refractivity contribution < 1.29 is 19.8 Å². The zero-order chi connectivity index (χ0) is 13.3. The molecular weight excluding hydrogens is 242 g/mol. The number of carboxylic acids is 1. The number of likely N-dealkylation sites (tertiary alicyclic amines) is 1. The highest BCUT2D eigenvalue weighted by atomic mass is 16.4. The minimum absolute atomic E-state index is 0.00950. The van der Waals surface area contributed by atoms with Crippen molar-refractivity contribution in [2.75, 3.05) is 6.54 Å². The number of hydrogen-bond donors (Lipinski definition) is 3. The lowest BCUT2D eigenvalue weighted by molar-refractivity contribution is -0.141. The molecule has 0 bridgehead atoms. The largest absolute Gasteiger partial charge is 0.480 e. The summed E-state index contributed by atoms with van der Waals surface area (Å²) in [5.41, 5.74) is -0.516. The van der Waals surface area contributed by atoms with E-state index in [1.807, 2.05) is 0 Å². The molecule has 18 heavy (non-hydrogen) atoms. The Hall–Kier alpha value is -2.22. The first-order valence-electron chi connectivity index (χ1n) is 5.26. The molecule has 0 radical (unpaired) electrons. The van der Waals surface area contributed by atoms with Gasteiger partial charge in [0.1, 0.15) is 11.7 Å². The van der Waals surface area contributed by atoms with Gasteiger partial charge >= 0.3 is 5.97 Å². The molecule has 2 heterocycles. The van der Waals surface area contributed by atoms with E-state index in [1.54, 1.807) is 0 Å². The van der Waals surface area contributed by atoms with Crippen molar-refractivity contribution in [1.29, 1.82) is 0 Å². The second-order valence-corrected chi connectivity index (χ2v) is 4.01. The first-order chi connectivity index (χ1) is 8.49. The van der Waals surface area contributed by atoms with E-state index in [1.165, 1.54) is 6.07 Å². The van der Waals surface area contributed by atoms with Crippen LogP contribution < -0.4 is 5.56 Å². The van der Waals surface area contributed by atoms with Crippen LogP contribution in [0.3, 0.4) is 0 Å². The van der Waals surface area contributed by atoms with Crippen LogP contribution in [0.4, 0.5) is 0 Å². The maximum Gasteiger partial charge on any atom is 0.326 e. The fourth-order valence-electron chi connectivity index (χ4n) is 1.88. The number of aliphatic hydroxyl groups is 1. The highest BCUT2D eigenvalue weighted by Crippen LogP contribution is 2.19. The number of nitrogens with one attached hydrogen (secondary N) is 1. The standard InChI is InChI=1S/C10H11N3O5/c14-5-3-7(10(17)18)13(4-5)9(16)6-1-2-8(15)12-11-6/h1-2,5,7,14H,3-4H2,(H,12,15)(H,17,18). The molecule has 3 N–H and O–H groups in total. The SMILES string of the molecule is O=C(O)C1CC(O)CN1C(=O)c1ccc(=O)[nH]n1. The number of aliphatic hydroxyl groups excluding tert-OH is 1. The van der Waals surface area contributed by atoms with E-state index in [-0.39, 0.29) is 18.7 Å². The minimum Gasteiger partial charge on any atom is -0.480 e. The summed E-state index contributed by atoms with van der Waals surface area (Å²) < 4.78 is 0. The third kappa shape index (κ3) is 2.23. The number of hydrogen-bond acceptors (Lipinski definition) is 5. The van der Waals surface area contributed by atoms with Crippen molar-refractivity contribution >= 4 is 11.9 Å². The summed E-state index contributed by atoms with van der Waals surface area (Å²) >= 11 is 0. The first-order valence-corrected chi connectivity index (χ1v) is 5.26. The van der Waals surface area contributed by atoms with Crippen LogP contribution in [0.2, 0.25) is 0 Å². The van der Waals surface area contributed by atoms with Gasteiger partial charge in [-0.1, -0.05) is 0 Å². The van der Waals surface area contributed by atoms with Crippen molar-refractivity contribution in [3.8, 4) is 0 Å². The summed E-state index contributed by atoms with van der Waals surface area (Å²) in [7, 11) is 0. The zero-order valence-corrected chi connectivity index (χ0v) is 9.24. The number of H-pyrrole nitrogens is 1. The Balaban J connectivity index is 2.25. The van der Waals surface area contributed by atoms with Gasteiger partial charge in [0.05, 0.1) is 6.10 Å². The molecular formula is C10H11N3O5. The lowest BCUT2D eigenvalue weighted by Crippen LogP contribution is -2.41. The van der Waals surface area contributed by atoms with Crippen LogP contribution >= 0.6 is 0 Å². The van der Waals surface area contributed by atoms with Gasteiger partial charge < -0.3 is 15.1 Å². The Morgan fingerprint density at radius 2 is 2.17 bits per heavy atom. The highest BCUT2D eigenvalue weighted by molar-refractivity contribution is 5.95. The monoisotopic (exact) mass is 253 g/mol.